The number of hydrogen-bond donors (Lipinski definition) is 1. The van der Waals surface area contributed by atoms with Crippen LogP contribution < -0.4 is 10.1 Å². The highest BCUT2D eigenvalue weighted by Crippen LogP contribution is 2.29. The molecule has 0 spiro atoms. The number of piperidine rings is 1. The number of aryl methyl sites for hydroxylation is 1. The SMILES string of the molecule is Cc1ccc(CNC(=O)C2CCN(C(=O)c3ccc(OCC4CC4)cc3)CC2)cc1F. The molecule has 1 saturated heterocycles. The van der Waals surface area contributed by atoms with Crippen LogP contribution in [-0.2, 0) is 11.3 Å². The van der Waals surface area contributed by atoms with Gasteiger partial charge in [0, 0.05) is 31.1 Å². The first-order chi connectivity index (χ1) is 15.0. The molecule has 1 N–H and O–H groups in total. The van der Waals surface area contributed by atoms with Crippen molar-refractivity contribution >= 4 is 11.8 Å². The van der Waals surface area contributed by atoms with Crippen molar-refractivity contribution in [2.24, 2.45) is 11.8 Å². The topological polar surface area (TPSA) is 58.6 Å². The second-order valence-corrected chi connectivity index (χ2v) is 8.65. The van der Waals surface area contributed by atoms with Crippen LogP contribution in [0, 0.1) is 24.6 Å². The second kappa shape index (κ2) is 9.50. The van der Waals surface area contributed by atoms with Crippen LogP contribution in [0.5, 0.6) is 5.75 Å². The number of halogens is 1. The lowest BCUT2D eigenvalue weighted by atomic mass is 9.95. The van der Waals surface area contributed by atoms with E-state index in [1.54, 1.807) is 17.9 Å². The van der Waals surface area contributed by atoms with Crippen LogP contribution in [0.15, 0.2) is 42.5 Å². The summed E-state index contributed by atoms with van der Waals surface area (Å²) >= 11 is 0. The van der Waals surface area contributed by atoms with Gasteiger partial charge in [-0.1, -0.05) is 12.1 Å². The summed E-state index contributed by atoms with van der Waals surface area (Å²) in [6.45, 7) is 3.88. The van der Waals surface area contributed by atoms with E-state index in [4.69, 9.17) is 4.74 Å². The zero-order valence-electron chi connectivity index (χ0n) is 17.9. The maximum Gasteiger partial charge on any atom is 0.253 e. The Morgan fingerprint density at radius 2 is 1.77 bits per heavy atom. The lowest BCUT2D eigenvalue weighted by Crippen LogP contribution is -2.42. The number of benzene rings is 2. The molecular weight excluding hydrogens is 395 g/mol. The Bertz CT molecular complexity index is 932. The Kier molecular flexibility index (Phi) is 6.54. The van der Waals surface area contributed by atoms with Crippen molar-refractivity contribution < 1.29 is 18.7 Å². The molecule has 2 amide bonds. The summed E-state index contributed by atoms with van der Waals surface area (Å²) in [6, 6.07) is 12.3. The molecule has 4 rings (SSSR count). The Morgan fingerprint density at radius 3 is 2.42 bits per heavy atom. The van der Waals surface area contributed by atoms with E-state index in [0.29, 0.717) is 49.5 Å². The molecule has 0 radical (unpaired) electrons. The van der Waals surface area contributed by atoms with Crippen molar-refractivity contribution in [1.82, 2.24) is 10.2 Å². The smallest absolute Gasteiger partial charge is 0.253 e. The van der Waals surface area contributed by atoms with Crippen molar-refractivity contribution in [3.8, 4) is 5.75 Å². The highest BCUT2D eigenvalue weighted by molar-refractivity contribution is 5.94. The van der Waals surface area contributed by atoms with Gasteiger partial charge in [0.05, 0.1) is 6.61 Å². The van der Waals surface area contributed by atoms with E-state index in [1.807, 2.05) is 30.3 Å². The molecule has 0 bridgehead atoms. The van der Waals surface area contributed by atoms with Crippen LogP contribution in [0.3, 0.4) is 0 Å². The van der Waals surface area contributed by atoms with Gasteiger partial charge in [0.15, 0.2) is 0 Å². The first-order valence-electron chi connectivity index (χ1n) is 11.0. The molecule has 31 heavy (non-hydrogen) atoms. The van der Waals surface area contributed by atoms with Crippen molar-refractivity contribution in [2.75, 3.05) is 19.7 Å². The zero-order valence-corrected chi connectivity index (χ0v) is 17.9. The molecule has 1 aliphatic carbocycles. The molecule has 2 aromatic rings. The van der Waals surface area contributed by atoms with Crippen LogP contribution in [0.1, 0.15) is 47.2 Å². The maximum absolute atomic E-state index is 13.7. The summed E-state index contributed by atoms with van der Waals surface area (Å²) in [4.78, 5) is 27.1. The number of ether oxygens (including phenoxy) is 1. The number of nitrogens with one attached hydrogen (secondary N) is 1. The van der Waals surface area contributed by atoms with Gasteiger partial charge in [-0.3, -0.25) is 9.59 Å². The Balaban J connectivity index is 1.23. The highest BCUT2D eigenvalue weighted by atomic mass is 19.1. The third-order valence-electron chi connectivity index (χ3n) is 6.14. The Morgan fingerprint density at radius 1 is 1.06 bits per heavy atom. The van der Waals surface area contributed by atoms with Gasteiger partial charge < -0.3 is 15.0 Å². The van der Waals surface area contributed by atoms with Gasteiger partial charge in [-0.05, 0) is 80.0 Å². The van der Waals surface area contributed by atoms with E-state index < -0.39 is 0 Å². The van der Waals surface area contributed by atoms with Crippen LogP contribution >= 0.6 is 0 Å². The Labute approximate surface area is 182 Å². The van der Waals surface area contributed by atoms with Crippen LogP contribution in [0.25, 0.3) is 0 Å². The van der Waals surface area contributed by atoms with Gasteiger partial charge in [-0.2, -0.15) is 0 Å². The quantitative estimate of drug-likeness (QED) is 0.728. The average molecular weight is 425 g/mol. The molecule has 164 valence electrons. The van der Waals surface area contributed by atoms with Gasteiger partial charge in [0.25, 0.3) is 5.91 Å². The summed E-state index contributed by atoms with van der Waals surface area (Å²) in [5.41, 5.74) is 1.98. The minimum Gasteiger partial charge on any atom is -0.493 e. The van der Waals surface area contributed by atoms with E-state index in [0.717, 1.165) is 17.9 Å². The molecule has 0 unspecified atom stereocenters. The van der Waals surface area contributed by atoms with Gasteiger partial charge in [0.1, 0.15) is 11.6 Å². The summed E-state index contributed by atoms with van der Waals surface area (Å²) in [5.74, 6) is 1.05. The van der Waals surface area contributed by atoms with Crippen molar-refractivity contribution in [2.45, 2.75) is 39.2 Å². The minimum atomic E-state index is -0.263. The summed E-state index contributed by atoms with van der Waals surface area (Å²) in [6.07, 6.45) is 3.74. The third-order valence-corrected chi connectivity index (χ3v) is 6.14. The number of rotatable bonds is 7. The van der Waals surface area contributed by atoms with E-state index in [1.165, 1.54) is 18.9 Å². The van der Waals surface area contributed by atoms with Gasteiger partial charge in [-0.15, -0.1) is 0 Å². The normalized spacial score (nSPS) is 16.8. The van der Waals surface area contributed by atoms with Crippen LogP contribution in [0.2, 0.25) is 0 Å². The van der Waals surface area contributed by atoms with Crippen LogP contribution in [0.4, 0.5) is 4.39 Å². The van der Waals surface area contributed by atoms with Crippen molar-refractivity contribution in [3.63, 3.8) is 0 Å². The van der Waals surface area contributed by atoms with Gasteiger partial charge in [-0.25, -0.2) is 4.39 Å². The molecule has 2 aromatic carbocycles. The highest BCUT2D eigenvalue weighted by Gasteiger charge is 2.28. The fourth-order valence-electron chi connectivity index (χ4n) is 3.80. The fourth-order valence-corrected chi connectivity index (χ4v) is 3.80. The lowest BCUT2D eigenvalue weighted by molar-refractivity contribution is -0.126. The predicted molar refractivity (Wildman–Crippen MR) is 116 cm³/mol. The lowest BCUT2D eigenvalue weighted by Gasteiger charge is -2.31. The monoisotopic (exact) mass is 424 g/mol. The van der Waals surface area contributed by atoms with E-state index in [9.17, 15) is 14.0 Å². The molecule has 1 aliphatic heterocycles. The van der Waals surface area contributed by atoms with Gasteiger partial charge in [0.2, 0.25) is 5.91 Å². The molecule has 1 heterocycles. The summed E-state index contributed by atoms with van der Waals surface area (Å²) < 4.78 is 19.4. The number of carbonyl (C=O) groups is 2. The second-order valence-electron chi connectivity index (χ2n) is 8.65. The molecular formula is C25H29FN2O3. The summed E-state index contributed by atoms with van der Waals surface area (Å²) in [5, 5.41) is 2.90. The van der Waals surface area contributed by atoms with Crippen molar-refractivity contribution in [1.29, 1.82) is 0 Å². The minimum absolute atomic E-state index is 0.0114. The van der Waals surface area contributed by atoms with E-state index >= 15 is 0 Å². The first kappa shape index (κ1) is 21.3. The molecule has 2 aliphatic rings. The standard InChI is InChI=1S/C25H29FN2O3/c1-17-2-3-19(14-23(17)26)15-27-24(29)20-10-12-28(13-11-20)25(30)21-6-8-22(9-7-21)31-16-18-4-5-18/h2-3,6-9,14,18,20H,4-5,10-13,15-16H2,1H3,(H,27,29). The number of likely N-dealkylation sites (tertiary alicyclic amines) is 1. The Hall–Kier alpha value is -2.89. The van der Waals surface area contributed by atoms with Crippen molar-refractivity contribution in [3.05, 3.63) is 65.0 Å². The zero-order chi connectivity index (χ0) is 21.8. The number of amides is 2. The number of nitrogens with zero attached hydrogens (tertiary/aromatic N) is 1. The molecule has 1 saturated carbocycles. The molecule has 6 heteroatoms. The molecule has 2 fully saturated rings. The van der Waals surface area contributed by atoms with Crippen LogP contribution in [-0.4, -0.2) is 36.4 Å². The summed E-state index contributed by atoms with van der Waals surface area (Å²) in [7, 11) is 0. The van der Waals surface area contributed by atoms with E-state index in [-0.39, 0.29) is 23.5 Å². The predicted octanol–water partition coefficient (Wildman–Crippen LogP) is 4.09. The van der Waals surface area contributed by atoms with Gasteiger partial charge >= 0.3 is 0 Å². The third kappa shape index (κ3) is 5.63. The first-order valence-corrected chi connectivity index (χ1v) is 11.0. The molecule has 5 nitrogen and oxygen atoms in total. The largest absolute Gasteiger partial charge is 0.493 e. The number of hydrogen-bond acceptors (Lipinski definition) is 3. The average Bonchev–Trinajstić information content (AvgIpc) is 3.63. The van der Waals surface area contributed by atoms with E-state index in [2.05, 4.69) is 5.32 Å². The molecule has 0 aromatic heterocycles. The number of carbonyl (C=O) groups excluding carboxylic acids is 2. The molecule has 0 atom stereocenters. The maximum atomic E-state index is 13.7. The fraction of sp³-hybridized carbons (Fsp3) is 0.440.